The first-order valence-corrected chi connectivity index (χ1v) is 5.66. The van der Waals surface area contributed by atoms with Gasteiger partial charge in [-0.05, 0) is 30.1 Å². The lowest BCUT2D eigenvalue weighted by Gasteiger charge is -2.19. The van der Waals surface area contributed by atoms with E-state index in [1.807, 2.05) is 12.1 Å². The Kier molecular flexibility index (Phi) is 3.27. The zero-order valence-electron chi connectivity index (χ0n) is 8.83. The maximum atomic E-state index is 6.12. The Morgan fingerprint density at radius 3 is 2.53 bits per heavy atom. The normalized spacial score (nSPS) is 17.2. The van der Waals surface area contributed by atoms with Gasteiger partial charge in [0.15, 0.2) is 0 Å². The molecule has 15 heavy (non-hydrogen) atoms. The third kappa shape index (κ3) is 2.32. The molecule has 1 radical (unpaired) electrons. The number of benzene rings is 1. The minimum Gasteiger partial charge on any atom is -0.0885 e. The second kappa shape index (κ2) is 4.67. The lowest BCUT2D eigenvalue weighted by molar-refractivity contribution is 0.908. The molecule has 0 spiro atoms. The molecule has 0 nitrogen and oxygen atoms in total. The van der Waals surface area contributed by atoms with Gasteiger partial charge in [-0.3, -0.25) is 0 Å². The molecule has 0 bridgehead atoms. The molecular weight excluding hydrogens is 204 g/mol. The topological polar surface area (TPSA) is 0 Å². The van der Waals surface area contributed by atoms with Crippen LogP contribution >= 0.6 is 11.6 Å². The Bertz CT molecular complexity index is 387. The summed E-state index contributed by atoms with van der Waals surface area (Å²) in [6, 6.07) is 10.5. The highest BCUT2D eigenvalue weighted by molar-refractivity contribution is 6.32. The summed E-state index contributed by atoms with van der Waals surface area (Å²) in [4.78, 5) is 0. The lowest BCUT2D eigenvalue weighted by Crippen LogP contribution is -2.02. The van der Waals surface area contributed by atoms with Crippen LogP contribution in [0.3, 0.4) is 0 Å². The molecule has 0 atom stereocenters. The Labute approximate surface area is 96.3 Å². The summed E-state index contributed by atoms with van der Waals surface area (Å²) in [7, 11) is 0. The summed E-state index contributed by atoms with van der Waals surface area (Å²) in [5.74, 6) is 1.33. The van der Waals surface area contributed by atoms with Crippen molar-refractivity contribution in [2.75, 3.05) is 0 Å². The fourth-order valence-electron chi connectivity index (χ4n) is 1.81. The summed E-state index contributed by atoms with van der Waals surface area (Å²) in [6.07, 6.45) is 6.14. The molecule has 1 aromatic carbocycles. The Hall–Kier alpha value is -1.01. The molecule has 0 N–H and O–H groups in total. The van der Waals surface area contributed by atoms with Gasteiger partial charge >= 0.3 is 0 Å². The molecule has 0 aromatic heterocycles. The van der Waals surface area contributed by atoms with Crippen molar-refractivity contribution in [3.05, 3.63) is 59.0 Å². The number of rotatable bonds is 2. The zero-order valence-corrected chi connectivity index (χ0v) is 9.59. The molecule has 0 saturated heterocycles. The van der Waals surface area contributed by atoms with E-state index in [1.165, 1.54) is 17.1 Å². The van der Waals surface area contributed by atoms with E-state index in [2.05, 4.69) is 37.3 Å². The first-order valence-electron chi connectivity index (χ1n) is 5.28. The van der Waals surface area contributed by atoms with Crippen molar-refractivity contribution in [2.24, 2.45) is 0 Å². The van der Waals surface area contributed by atoms with Crippen molar-refractivity contribution in [2.45, 2.75) is 19.8 Å². The van der Waals surface area contributed by atoms with E-state index in [0.29, 0.717) is 0 Å². The lowest BCUT2D eigenvalue weighted by atomic mass is 9.88. The molecule has 0 saturated carbocycles. The van der Waals surface area contributed by atoms with Crippen LogP contribution in [0.4, 0.5) is 0 Å². The minimum absolute atomic E-state index is 0.914. The van der Waals surface area contributed by atoms with Crippen molar-refractivity contribution in [3.8, 4) is 0 Å². The van der Waals surface area contributed by atoms with Crippen LogP contribution in [-0.4, -0.2) is 0 Å². The maximum Gasteiger partial charge on any atom is 0.0255 e. The average Bonchev–Trinajstić information content (AvgIpc) is 2.31. The smallest absolute Gasteiger partial charge is 0.0255 e. The third-order valence-corrected chi connectivity index (χ3v) is 3.14. The molecule has 0 aliphatic heterocycles. The standard InChI is InChI=1S/C14H14Cl/c1-2-11-10-13(8-9-14(11)15)12-6-4-3-5-7-12/h3-9H,2,10H2,1H3. The Balaban J connectivity index is 2.26. The fraction of sp³-hybridized carbons (Fsp3) is 0.214. The number of hydrogen-bond acceptors (Lipinski definition) is 0. The second-order valence-corrected chi connectivity index (χ2v) is 4.11. The molecule has 1 aliphatic rings. The molecule has 0 unspecified atom stereocenters. The van der Waals surface area contributed by atoms with Gasteiger partial charge in [0.2, 0.25) is 0 Å². The zero-order chi connectivity index (χ0) is 10.7. The van der Waals surface area contributed by atoms with Crippen molar-refractivity contribution in [3.63, 3.8) is 0 Å². The summed E-state index contributed by atoms with van der Waals surface area (Å²) in [5, 5.41) is 0.914. The van der Waals surface area contributed by atoms with E-state index >= 15 is 0 Å². The summed E-state index contributed by atoms with van der Waals surface area (Å²) in [5.41, 5.74) is 2.65. The largest absolute Gasteiger partial charge is 0.0885 e. The van der Waals surface area contributed by atoms with E-state index in [9.17, 15) is 0 Å². The summed E-state index contributed by atoms with van der Waals surface area (Å²) in [6.45, 7) is 2.15. The monoisotopic (exact) mass is 217 g/mol. The van der Waals surface area contributed by atoms with Gasteiger partial charge in [0, 0.05) is 11.0 Å². The molecule has 1 aromatic rings. The van der Waals surface area contributed by atoms with E-state index in [1.54, 1.807) is 0 Å². The Morgan fingerprint density at radius 2 is 1.87 bits per heavy atom. The second-order valence-electron chi connectivity index (χ2n) is 3.71. The molecule has 0 fully saturated rings. The SMILES string of the molecule is CC[C]1CC(c2ccccc2)=CC=C1Cl. The maximum absolute atomic E-state index is 6.12. The van der Waals surface area contributed by atoms with Crippen LogP contribution in [0.15, 0.2) is 47.5 Å². The van der Waals surface area contributed by atoms with Crippen LogP contribution in [0.1, 0.15) is 25.3 Å². The molecule has 0 amide bonds. The molecule has 0 heterocycles. The number of allylic oxidation sites excluding steroid dienone is 4. The van der Waals surface area contributed by atoms with Crippen molar-refractivity contribution >= 4 is 17.2 Å². The van der Waals surface area contributed by atoms with Gasteiger partial charge in [-0.2, -0.15) is 0 Å². The third-order valence-electron chi connectivity index (χ3n) is 2.74. The van der Waals surface area contributed by atoms with Gasteiger partial charge in [-0.1, -0.05) is 54.9 Å². The summed E-state index contributed by atoms with van der Waals surface area (Å²) < 4.78 is 0. The van der Waals surface area contributed by atoms with Gasteiger partial charge in [-0.15, -0.1) is 0 Å². The Morgan fingerprint density at radius 1 is 1.13 bits per heavy atom. The minimum atomic E-state index is 0.914. The highest BCUT2D eigenvalue weighted by atomic mass is 35.5. The molecule has 1 heteroatoms. The summed E-state index contributed by atoms with van der Waals surface area (Å²) >= 11 is 6.12. The van der Waals surface area contributed by atoms with Gasteiger partial charge in [0.05, 0.1) is 0 Å². The van der Waals surface area contributed by atoms with Crippen LogP contribution in [0.25, 0.3) is 5.57 Å². The first-order chi connectivity index (χ1) is 7.31. The van der Waals surface area contributed by atoms with E-state index in [-0.39, 0.29) is 0 Å². The van der Waals surface area contributed by atoms with Crippen molar-refractivity contribution < 1.29 is 0 Å². The van der Waals surface area contributed by atoms with Crippen LogP contribution < -0.4 is 0 Å². The van der Waals surface area contributed by atoms with E-state index in [4.69, 9.17) is 11.6 Å². The van der Waals surface area contributed by atoms with Gasteiger partial charge < -0.3 is 0 Å². The average molecular weight is 218 g/mol. The van der Waals surface area contributed by atoms with Crippen LogP contribution in [0.2, 0.25) is 0 Å². The van der Waals surface area contributed by atoms with Crippen molar-refractivity contribution in [1.29, 1.82) is 0 Å². The van der Waals surface area contributed by atoms with Gasteiger partial charge in [0.1, 0.15) is 0 Å². The van der Waals surface area contributed by atoms with Crippen molar-refractivity contribution in [1.82, 2.24) is 0 Å². The molecule has 2 rings (SSSR count). The predicted octanol–water partition coefficient (Wildman–Crippen LogP) is 4.58. The molecule has 1 aliphatic carbocycles. The van der Waals surface area contributed by atoms with E-state index in [0.717, 1.165) is 17.9 Å². The van der Waals surface area contributed by atoms with Gasteiger partial charge in [-0.25, -0.2) is 0 Å². The quantitative estimate of drug-likeness (QED) is 0.680. The van der Waals surface area contributed by atoms with Crippen LogP contribution in [-0.2, 0) is 0 Å². The van der Waals surface area contributed by atoms with Gasteiger partial charge in [0.25, 0.3) is 0 Å². The van der Waals surface area contributed by atoms with E-state index < -0.39 is 0 Å². The number of halogens is 1. The fourth-order valence-corrected chi connectivity index (χ4v) is 2.07. The highest BCUT2D eigenvalue weighted by Gasteiger charge is 2.17. The van der Waals surface area contributed by atoms with Crippen LogP contribution in [0.5, 0.6) is 0 Å². The first kappa shape index (κ1) is 10.5. The molecular formula is C14H14Cl. The predicted molar refractivity (Wildman–Crippen MR) is 66.5 cm³/mol. The number of hydrogen-bond donors (Lipinski definition) is 0. The highest BCUT2D eigenvalue weighted by Crippen LogP contribution is 2.36. The molecule has 77 valence electrons. The van der Waals surface area contributed by atoms with Crippen LogP contribution in [0, 0.1) is 5.92 Å².